The van der Waals surface area contributed by atoms with Crippen LogP contribution >= 0.6 is 0 Å². The van der Waals surface area contributed by atoms with E-state index in [1.54, 1.807) is 0 Å². The molecular formula is C68H114O6. The molecule has 1 unspecified atom stereocenters. The van der Waals surface area contributed by atoms with Crippen molar-refractivity contribution in [3.63, 3.8) is 0 Å². The highest BCUT2D eigenvalue weighted by atomic mass is 16.6. The maximum absolute atomic E-state index is 12.9. The molecular weight excluding hydrogens is 913 g/mol. The van der Waals surface area contributed by atoms with Crippen LogP contribution in [0, 0.1) is 0 Å². The summed E-state index contributed by atoms with van der Waals surface area (Å²) in [6, 6.07) is 0. The first-order chi connectivity index (χ1) is 36.5. The van der Waals surface area contributed by atoms with E-state index in [0.717, 1.165) is 122 Å². The third-order valence-electron chi connectivity index (χ3n) is 13.0. The summed E-state index contributed by atoms with van der Waals surface area (Å²) in [5, 5.41) is 0. The van der Waals surface area contributed by atoms with Crippen LogP contribution in [-0.2, 0) is 28.6 Å². The van der Waals surface area contributed by atoms with Crippen LogP contribution in [0.4, 0.5) is 0 Å². The van der Waals surface area contributed by atoms with Crippen molar-refractivity contribution in [3.05, 3.63) is 109 Å². The van der Waals surface area contributed by atoms with E-state index in [1.165, 1.54) is 122 Å². The Bertz CT molecular complexity index is 1510. The fraction of sp³-hybridized carbons (Fsp3) is 0.691. The largest absolute Gasteiger partial charge is 0.462 e. The predicted molar refractivity (Wildman–Crippen MR) is 320 cm³/mol. The highest BCUT2D eigenvalue weighted by Crippen LogP contribution is 2.15. The second kappa shape index (κ2) is 61.6. The van der Waals surface area contributed by atoms with Gasteiger partial charge in [0.1, 0.15) is 13.2 Å². The number of carbonyl (C=O) groups excluding carboxylic acids is 3. The van der Waals surface area contributed by atoms with Gasteiger partial charge in [0.25, 0.3) is 0 Å². The van der Waals surface area contributed by atoms with E-state index in [4.69, 9.17) is 14.2 Å². The molecule has 0 spiro atoms. The van der Waals surface area contributed by atoms with Crippen LogP contribution < -0.4 is 0 Å². The standard InChI is InChI=1S/C68H114O6/c1-4-7-10-13-16-19-22-25-28-30-32-34-36-38-40-43-46-49-52-55-58-61-67(70)73-64-65(63-72-66(69)60-57-54-51-48-45-42-27-24-21-18-15-12-9-6-3)74-68(71)62-59-56-53-50-47-44-41-39-37-35-33-31-29-26-23-20-17-14-11-8-5-2/h7,10,15-16,18-19,24-25,27-28,31-34,38,40,46,49,65H,4-6,8-9,11-14,17,20-23,26,29-30,35-37,39,41-45,47-48,50-64H2,1-3H3/b10-7-,18-15-,19-16-,27-24-,28-25-,33-31-,34-32-,40-38-,49-46-. The van der Waals surface area contributed by atoms with E-state index in [1.807, 2.05) is 0 Å². The van der Waals surface area contributed by atoms with Gasteiger partial charge in [-0.25, -0.2) is 0 Å². The Kier molecular flexibility index (Phi) is 58.3. The number of rotatable bonds is 55. The molecule has 0 amide bonds. The Morgan fingerprint density at radius 2 is 0.541 bits per heavy atom. The Hall–Kier alpha value is -3.93. The first-order valence-electron chi connectivity index (χ1n) is 30.9. The molecule has 6 heteroatoms. The second-order valence-electron chi connectivity index (χ2n) is 20.2. The van der Waals surface area contributed by atoms with Crippen LogP contribution in [0.15, 0.2) is 109 Å². The van der Waals surface area contributed by atoms with Gasteiger partial charge in [-0.15, -0.1) is 0 Å². The molecule has 0 fully saturated rings. The molecule has 422 valence electrons. The maximum atomic E-state index is 12.9. The molecule has 6 nitrogen and oxygen atoms in total. The molecule has 0 aliphatic heterocycles. The van der Waals surface area contributed by atoms with E-state index in [0.29, 0.717) is 19.3 Å². The minimum absolute atomic E-state index is 0.101. The zero-order chi connectivity index (χ0) is 53.6. The molecule has 0 aliphatic rings. The van der Waals surface area contributed by atoms with Gasteiger partial charge in [-0.3, -0.25) is 14.4 Å². The van der Waals surface area contributed by atoms with Crippen molar-refractivity contribution >= 4 is 17.9 Å². The summed E-state index contributed by atoms with van der Waals surface area (Å²) >= 11 is 0. The third kappa shape index (κ3) is 59.0. The van der Waals surface area contributed by atoms with E-state index in [2.05, 4.69) is 130 Å². The minimum atomic E-state index is -0.806. The van der Waals surface area contributed by atoms with Gasteiger partial charge in [0.15, 0.2) is 6.10 Å². The smallest absolute Gasteiger partial charge is 0.306 e. The van der Waals surface area contributed by atoms with Crippen molar-refractivity contribution in [2.75, 3.05) is 13.2 Å². The van der Waals surface area contributed by atoms with Crippen molar-refractivity contribution in [2.24, 2.45) is 0 Å². The van der Waals surface area contributed by atoms with Crippen molar-refractivity contribution < 1.29 is 28.6 Å². The van der Waals surface area contributed by atoms with Crippen LogP contribution in [0.5, 0.6) is 0 Å². The minimum Gasteiger partial charge on any atom is -0.462 e. The van der Waals surface area contributed by atoms with E-state index in [9.17, 15) is 14.4 Å². The van der Waals surface area contributed by atoms with E-state index < -0.39 is 6.10 Å². The zero-order valence-electron chi connectivity index (χ0n) is 48.3. The quantitative estimate of drug-likeness (QED) is 0.0261. The Morgan fingerprint density at radius 3 is 0.905 bits per heavy atom. The predicted octanol–water partition coefficient (Wildman–Crippen LogP) is 21.0. The summed E-state index contributed by atoms with van der Waals surface area (Å²) in [6.07, 6.45) is 83.7. The lowest BCUT2D eigenvalue weighted by Gasteiger charge is -2.18. The van der Waals surface area contributed by atoms with Crippen molar-refractivity contribution in [1.29, 1.82) is 0 Å². The van der Waals surface area contributed by atoms with Crippen LogP contribution in [-0.4, -0.2) is 37.2 Å². The molecule has 0 aromatic carbocycles. The Morgan fingerprint density at radius 1 is 0.284 bits per heavy atom. The van der Waals surface area contributed by atoms with Gasteiger partial charge >= 0.3 is 17.9 Å². The number of hydrogen-bond donors (Lipinski definition) is 0. The lowest BCUT2D eigenvalue weighted by molar-refractivity contribution is -0.167. The number of carbonyl (C=O) groups is 3. The molecule has 0 aliphatic carbocycles. The fourth-order valence-electron chi connectivity index (χ4n) is 8.34. The number of unbranched alkanes of at least 4 members (excludes halogenated alkanes) is 26. The molecule has 0 aromatic heterocycles. The van der Waals surface area contributed by atoms with Crippen molar-refractivity contribution in [1.82, 2.24) is 0 Å². The number of hydrogen-bond acceptors (Lipinski definition) is 6. The van der Waals surface area contributed by atoms with Gasteiger partial charge in [0.05, 0.1) is 0 Å². The fourth-order valence-corrected chi connectivity index (χ4v) is 8.34. The molecule has 1 atom stereocenters. The Labute approximate surface area is 457 Å². The first-order valence-corrected chi connectivity index (χ1v) is 30.9. The summed E-state index contributed by atoms with van der Waals surface area (Å²) in [7, 11) is 0. The number of ether oxygens (including phenoxy) is 3. The first kappa shape index (κ1) is 70.1. The van der Waals surface area contributed by atoms with Crippen LogP contribution in [0.25, 0.3) is 0 Å². The molecule has 0 heterocycles. The van der Waals surface area contributed by atoms with Gasteiger partial charge in [-0.2, -0.15) is 0 Å². The molecule has 0 saturated carbocycles. The Balaban J connectivity index is 4.46. The van der Waals surface area contributed by atoms with Gasteiger partial charge in [0, 0.05) is 19.3 Å². The highest BCUT2D eigenvalue weighted by molar-refractivity contribution is 5.71. The van der Waals surface area contributed by atoms with Crippen LogP contribution in [0.2, 0.25) is 0 Å². The highest BCUT2D eigenvalue weighted by Gasteiger charge is 2.19. The molecule has 0 bridgehead atoms. The monoisotopic (exact) mass is 1030 g/mol. The van der Waals surface area contributed by atoms with E-state index in [-0.39, 0.29) is 31.1 Å². The van der Waals surface area contributed by atoms with Crippen molar-refractivity contribution in [3.8, 4) is 0 Å². The number of allylic oxidation sites excluding steroid dienone is 18. The molecule has 0 N–H and O–H groups in total. The SMILES string of the molecule is CC/C=C\C/C=C\C/C=C\C/C=C\C/C=C\C/C=C\CCCCC(=O)OCC(COC(=O)CCCCCCC/C=C\C/C=C\CCCC)OC(=O)CCCCCCCCCCC/C=C\CCCCCCCCCC. The van der Waals surface area contributed by atoms with E-state index >= 15 is 0 Å². The lowest BCUT2D eigenvalue weighted by atomic mass is 10.1. The number of esters is 3. The van der Waals surface area contributed by atoms with Crippen molar-refractivity contribution in [2.45, 2.75) is 290 Å². The van der Waals surface area contributed by atoms with Gasteiger partial charge in [0.2, 0.25) is 0 Å². The van der Waals surface area contributed by atoms with Gasteiger partial charge in [-0.1, -0.05) is 252 Å². The average molecular weight is 1030 g/mol. The normalized spacial score (nSPS) is 12.9. The molecule has 0 aromatic rings. The lowest BCUT2D eigenvalue weighted by Crippen LogP contribution is -2.30. The summed E-state index contributed by atoms with van der Waals surface area (Å²) in [5.41, 5.74) is 0. The second-order valence-corrected chi connectivity index (χ2v) is 20.2. The average Bonchev–Trinajstić information content (AvgIpc) is 3.40. The summed E-state index contributed by atoms with van der Waals surface area (Å²) in [6.45, 7) is 6.45. The maximum Gasteiger partial charge on any atom is 0.306 e. The molecule has 74 heavy (non-hydrogen) atoms. The van der Waals surface area contributed by atoms with Gasteiger partial charge in [-0.05, 0) is 122 Å². The molecule has 0 saturated heterocycles. The third-order valence-corrected chi connectivity index (χ3v) is 13.0. The topological polar surface area (TPSA) is 78.9 Å². The molecule has 0 radical (unpaired) electrons. The summed E-state index contributed by atoms with van der Waals surface area (Å²) in [4.78, 5) is 38.3. The summed E-state index contributed by atoms with van der Waals surface area (Å²) < 4.78 is 16.9. The molecule has 0 rings (SSSR count). The summed E-state index contributed by atoms with van der Waals surface area (Å²) in [5.74, 6) is -0.956. The van der Waals surface area contributed by atoms with Crippen LogP contribution in [0.3, 0.4) is 0 Å². The van der Waals surface area contributed by atoms with Crippen LogP contribution in [0.1, 0.15) is 284 Å². The van der Waals surface area contributed by atoms with Gasteiger partial charge < -0.3 is 14.2 Å². The zero-order valence-corrected chi connectivity index (χ0v) is 48.3.